The van der Waals surface area contributed by atoms with Gasteiger partial charge in [-0.15, -0.1) is 0 Å². The van der Waals surface area contributed by atoms with Crippen LogP contribution in [0.5, 0.6) is 0 Å². The van der Waals surface area contributed by atoms with Crippen molar-refractivity contribution in [3.8, 4) is 0 Å². The zero-order valence-electron chi connectivity index (χ0n) is 5.81. The Morgan fingerprint density at radius 2 is 2.25 bits per heavy atom. The van der Waals surface area contributed by atoms with Gasteiger partial charge >= 0.3 is 0 Å². The van der Waals surface area contributed by atoms with Gasteiger partial charge in [-0.25, -0.2) is 0 Å². The van der Waals surface area contributed by atoms with Crippen molar-refractivity contribution in [1.29, 1.82) is 0 Å². The van der Waals surface area contributed by atoms with E-state index in [1.54, 1.807) is 6.92 Å². The van der Waals surface area contributed by atoms with Gasteiger partial charge in [0.2, 0.25) is 0 Å². The number of aliphatic hydroxyl groups excluding tert-OH is 1. The first-order valence-corrected chi connectivity index (χ1v) is 3.02. The zero-order chi connectivity index (χ0) is 6.57. The smallest absolute Gasteiger partial charge is 0.0695 e. The molecular formula is C7H14O. The molecule has 1 atom stereocenters. The Morgan fingerprint density at radius 1 is 1.75 bits per heavy atom. The molecule has 0 rings (SSSR count). The number of rotatable bonds is 2. The molecule has 0 radical (unpaired) electrons. The van der Waals surface area contributed by atoms with E-state index in [4.69, 9.17) is 5.11 Å². The molecule has 0 aliphatic carbocycles. The standard InChI is InChI=1S/C7H14O/c1-4-6(2)5-7(3)8/h5,7-8H,4H2,1-3H3. The lowest BCUT2D eigenvalue weighted by Gasteiger charge is -1.96. The monoisotopic (exact) mass is 114 g/mol. The van der Waals surface area contributed by atoms with Crippen LogP contribution in [0.1, 0.15) is 27.2 Å². The maximum atomic E-state index is 8.78. The van der Waals surface area contributed by atoms with Gasteiger partial charge in [0.25, 0.3) is 0 Å². The molecule has 0 spiro atoms. The van der Waals surface area contributed by atoms with Crippen LogP contribution < -0.4 is 0 Å². The van der Waals surface area contributed by atoms with Gasteiger partial charge in [0, 0.05) is 0 Å². The summed E-state index contributed by atoms with van der Waals surface area (Å²) >= 11 is 0. The highest BCUT2D eigenvalue weighted by molar-refractivity contribution is 4.99. The Labute approximate surface area is 51.0 Å². The molecule has 0 aromatic carbocycles. The van der Waals surface area contributed by atoms with E-state index < -0.39 is 0 Å². The molecular weight excluding hydrogens is 100 g/mol. The van der Waals surface area contributed by atoms with E-state index in [9.17, 15) is 0 Å². The van der Waals surface area contributed by atoms with Crippen molar-refractivity contribution < 1.29 is 5.11 Å². The van der Waals surface area contributed by atoms with Gasteiger partial charge in [-0.1, -0.05) is 18.6 Å². The van der Waals surface area contributed by atoms with Crippen molar-refractivity contribution in [2.75, 3.05) is 0 Å². The lowest BCUT2D eigenvalue weighted by atomic mass is 10.2. The van der Waals surface area contributed by atoms with Gasteiger partial charge in [-0.2, -0.15) is 0 Å². The largest absolute Gasteiger partial charge is 0.389 e. The summed E-state index contributed by atoms with van der Waals surface area (Å²) in [5.41, 5.74) is 1.25. The minimum Gasteiger partial charge on any atom is -0.389 e. The second kappa shape index (κ2) is 3.67. The summed E-state index contributed by atoms with van der Waals surface area (Å²) in [7, 11) is 0. The van der Waals surface area contributed by atoms with Gasteiger partial charge in [-0.05, 0) is 20.3 Å². The fourth-order valence-corrected chi connectivity index (χ4v) is 0.530. The first kappa shape index (κ1) is 7.70. The molecule has 0 bridgehead atoms. The topological polar surface area (TPSA) is 20.2 Å². The SMILES string of the molecule is CCC(C)=CC(C)O. The lowest BCUT2D eigenvalue weighted by Crippen LogP contribution is -1.93. The summed E-state index contributed by atoms with van der Waals surface area (Å²) < 4.78 is 0. The maximum absolute atomic E-state index is 8.78. The minimum absolute atomic E-state index is 0.282. The second-order valence-electron chi connectivity index (χ2n) is 2.11. The fraction of sp³-hybridized carbons (Fsp3) is 0.714. The van der Waals surface area contributed by atoms with E-state index in [0.717, 1.165) is 6.42 Å². The van der Waals surface area contributed by atoms with Crippen LogP contribution in [0.3, 0.4) is 0 Å². The van der Waals surface area contributed by atoms with Gasteiger partial charge in [0.1, 0.15) is 0 Å². The van der Waals surface area contributed by atoms with Crippen LogP contribution in [0.15, 0.2) is 11.6 Å². The quantitative estimate of drug-likeness (QED) is 0.542. The molecule has 1 N–H and O–H groups in total. The Balaban J connectivity index is 3.56. The summed E-state index contributed by atoms with van der Waals surface area (Å²) in [4.78, 5) is 0. The third-order valence-electron chi connectivity index (χ3n) is 1.08. The molecule has 0 aromatic heterocycles. The molecule has 0 saturated carbocycles. The molecule has 0 aliphatic heterocycles. The average Bonchev–Trinajstić information content (AvgIpc) is 1.65. The predicted molar refractivity (Wildman–Crippen MR) is 35.7 cm³/mol. The molecule has 1 nitrogen and oxygen atoms in total. The van der Waals surface area contributed by atoms with Crippen LogP contribution in [0.25, 0.3) is 0 Å². The first-order valence-electron chi connectivity index (χ1n) is 3.02. The van der Waals surface area contributed by atoms with Gasteiger partial charge < -0.3 is 5.11 Å². The highest BCUT2D eigenvalue weighted by Crippen LogP contribution is 1.98. The Hall–Kier alpha value is -0.300. The summed E-state index contributed by atoms with van der Waals surface area (Å²) in [6, 6.07) is 0. The Morgan fingerprint density at radius 3 is 2.38 bits per heavy atom. The maximum Gasteiger partial charge on any atom is 0.0695 e. The molecule has 0 fully saturated rings. The van der Waals surface area contributed by atoms with Crippen molar-refractivity contribution in [3.63, 3.8) is 0 Å². The zero-order valence-corrected chi connectivity index (χ0v) is 5.81. The van der Waals surface area contributed by atoms with Crippen molar-refractivity contribution in [2.45, 2.75) is 33.3 Å². The summed E-state index contributed by atoms with van der Waals surface area (Å²) in [6.45, 7) is 5.86. The molecule has 1 heteroatoms. The predicted octanol–water partition coefficient (Wildman–Crippen LogP) is 1.72. The van der Waals surface area contributed by atoms with E-state index in [1.807, 2.05) is 13.0 Å². The minimum atomic E-state index is -0.282. The normalized spacial score (nSPS) is 16.2. The molecule has 0 heterocycles. The van der Waals surface area contributed by atoms with Crippen molar-refractivity contribution in [2.24, 2.45) is 0 Å². The van der Waals surface area contributed by atoms with Crippen LogP contribution >= 0.6 is 0 Å². The molecule has 0 aromatic rings. The first-order chi connectivity index (χ1) is 3.66. The third kappa shape index (κ3) is 3.88. The van der Waals surface area contributed by atoms with Crippen molar-refractivity contribution >= 4 is 0 Å². The number of hydrogen-bond donors (Lipinski definition) is 1. The fourth-order valence-electron chi connectivity index (χ4n) is 0.530. The van der Waals surface area contributed by atoms with E-state index in [1.165, 1.54) is 5.57 Å². The van der Waals surface area contributed by atoms with E-state index in [0.29, 0.717) is 0 Å². The summed E-state index contributed by atoms with van der Waals surface area (Å²) in [5.74, 6) is 0. The van der Waals surface area contributed by atoms with Gasteiger partial charge in [0.15, 0.2) is 0 Å². The Kier molecular flexibility index (Phi) is 3.53. The number of allylic oxidation sites excluding steroid dienone is 1. The average molecular weight is 114 g/mol. The highest BCUT2D eigenvalue weighted by atomic mass is 16.3. The molecule has 48 valence electrons. The number of hydrogen-bond acceptors (Lipinski definition) is 1. The van der Waals surface area contributed by atoms with Crippen molar-refractivity contribution in [1.82, 2.24) is 0 Å². The van der Waals surface area contributed by atoms with Crippen LogP contribution in [-0.2, 0) is 0 Å². The summed E-state index contributed by atoms with van der Waals surface area (Å²) in [6.07, 6.45) is 2.61. The molecule has 0 amide bonds. The highest BCUT2D eigenvalue weighted by Gasteiger charge is 1.87. The van der Waals surface area contributed by atoms with Crippen LogP contribution in [0, 0.1) is 0 Å². The molecule has 0 aliphatic rings. The molecule has 8 heavy (non-hydrogen) atoms. The van der Waals surface area contributed by atoms with Crippen LogP contribution in [0.4, 0.5) is 0 Å². The summed E-state index contributed by atoms with van der Waals surface area (Å²) in [5, 5.41) is 8.78. The van der Waals surface area contributed by atoms with E-state index in [-0.39, 0.29) is 6.10 Å². The lowest BCUT2D eigenvalue weighted by molar-refractivity contribution is 0.243. The van der Waals surface area contributed by atoms with Crippen molar-refractivity contribution in [3.05, 3.63) is 11.6 Å². The van der Waals surface area contributed by atoms with Crippen LogP contribution in [-0.4, -0.2) is 11.2 Å². The van der Waals surface area contributed by atoms with E-state index >= 15 is 0 Å². The van der Waals surface area contributed by atoms with Crippen LogP contribution in [0.2, 0.25) is 0 Å². The van der Waals surface area contributed by atoms with Gasteiger partial charge in [-0.3, -0.25) is 0 Å². The molecule has 0 saturated heterocycles. The number of aliphatic hydroxyl groups is 1. The van der Waals surface area contributed by atoms with Gasteiger partial charge in [0.05, 0.1) is 6.10 Å². The second-order valence-corrected chi connectivity index (χ2v) is 2.11. The third-order valence-corrected chi connectivity index (χ3v) is 1.08. The van der Waals surface area contributed by atoms with E-state index in [2.05, 4.69) is 6.92 Å². The molecule has 1 unspecified atom stereocenters. The Bertz CT molecular complexity index is 82.4.